The SMILES string of the molecule is Cc1ccc2nc(NC(=O)CCCS(=O)(=O)c3ccc(F)cc3)sc2c1. The number of halogens is 1. The van der Waals surface area contributed by atoms with Crippen molar-refractivity contribution in [1.82, 2.24) is 4.98 Å². The summed E-state index contributed by atoms with van der Waals surface area (Å²) in [5.41, 5.74) is 1.93. The van der Waals surface area contributed by atoms with Gasteiger partial charge in [0.05, 0.1) is 20.9 Å². The van der Waals surface area contributed by atoms with Crippen molar-refractivity contribution >= 4 is 42.4 Å². The molecule has 0 aliphatic rings. The van der Waals surface area contributed by atoms with Gasteiger partial charge < -0.3 is 5.32 Å². The van der Waals surface area contributed by atoms with E-state index in [1.165, 1.54) is 23.5 Å². The summed E-state index contributed by atoms with van der Waals surface area (Å²) in [7, 11) is -3.53. The molecule has 26 heavy (non-hydrogen) atoms. The lowest BCUT2D eigenvalue weighted by molar-refractivity contribution is -0.116. The second kappa shape index (κ2) is 7.51. The van der Waals surface area contributed by atoms with Crippen LogP contribution in [0.4, 0.5) is 9.52 Å². The zero-order chi connectivity index (χ0) is 18.7. The predicted molar refractivity (Wildman–Crippen MR) is 101 cm³/mol. The van der Waals surface area contributed by atoms with E-state index < -0.39 is 15.7 Å². The second-order valence-corrected chi connectivity index (χ2v) is 9.05. The molecule has 0 saturated heterocycles. The molecule has 0 aliphatic heterocycles. The summed E-state index contributed by atoms with van der Waals surface area (Å²) in [5.74, 6) is -0.949. The smallest absolute Gasteiger partial charge is 0.226 e. The van der Waals surface area contributed by atoms with Crippen LogP contribution in [-0.2, 0) is 14.6 Å². The van der Waals surface area contributed by atoms with Gasteiger partial charge in [-0.2, -0.15) is 0 Å². The van der Waals surface area contributed by atoms with Crippen LogP contribution >= 0.6 is 11.3 Å². The van der Waals surface area contributed by atoms with Crippen LogP contribution in [0.1, 0.15) is 18.4 Å². The fraction of sp³-hybridized carbons (Fsp3) is 0.222. The molecule has 0 aliphatic carbocycles. The van der Waals surface area contributed by atoms with Gasteiger partial charge in [0.2, 0.25) is 5.91 Å². The quantitative estimate of drug-likeness (QED) is 0.645. The lowest BCUT2D eigenvalue weighted by Crippen LogP contribution is -2.14. The summed E-state index contributed by atoms with van der Waals surface area (Å²) in [5, 5.41) is 3.21. The largest absolute Gasteiger partial charge is 0.302 e. The van der Waals surface area contributed by atoms with E-state index in [0.29, 0.717) is 5.13 Å². The van der Waals surface area contributed by atoms with Crippen molar-refractivity contribution in [3.05, 3.63) is 53.8 Å². The summed E-state index contributed by atoms with van der Waals surface area (Å²) in [6.07, 6.45) is 0.241. The Labute approximate surface area is 154 Å². The number of anilines is 1. The number of nitrogens with one attached hydrogen (secondary N) is 1. The minimum atomic E-state index is -3.53. The number of carbonyl (C=O) groups excluding carboxylic acids is 1. The van der Waals surface area contributed by atoms with E-state index in [4.69, 9.17) is 0 Å². The lowest BCUT2D eigenvalue weighted by atomic mass is 10.2. The maximum absolute atomic E-state index is 12.9. The molecular formula is C18H17FN2O3S2. The number of thiazole rings is 1. The first-order valence-electron chi connectivity index (χ1n) is 7.99. The van der Waals surface area contributed by atoms with E-state index >= 15 is 0 Å². The first-order valence-corrected chi connectivity index (χ1v) is 10.5. The van der Waals surface area contributed by atoms with Crippen molar-refractivity contribution in [3.63, 3.8) is 0 Å². The second-order valence-electron chi connectivity index (χ2n) is 5.91. The van der Waals surface area contributed by atoms with Gasteiger partial charge in [-0.05, 0) is 55.3 Å². The topological polar surface area (TPSA) is 76.1 Å². The van der Waals surface area contributed by atoms with Crippen LogP contribution in [-0.4, -0.2) is 25.1 Å². The third kappa shape index (κ3) is 4.44. The van der Waals surface area contributed by atoms with E-state index in [0.717, 1.165) is 27.9 Å². The number of hydrogen-bond acceptors (Lipinski definition) is 5. The Balaban J connectivity index is 1.55. The molecule has 1 N–H and O–H groups in total. The van der Waals surface area contributed by atoms with Gasteiger partial charge in [0.1, 0.15) is 5.82 Å². The third-order valence-corrected chi connectivity index (χ3v) is 6.53. The third-order valence-electron chi connectivity index (χ3n) is 3.78. The average Bonchev–Trinajstić information content (AvgIpc) is 2.96. The van der Waals surface area contributed by atoms with Crippen molar-refractivity contribution < 1.29 is 17.6 Å². The summed E-state index contributed by atoms with van der Waals surface area (Å²) >= 11 is 1.38. The molecule has 5 nitrogen and oxygen atoms in total. The number of nitrogens with zero attached hydrogens (tertiary/aromatic N) is 1. The minimum Gasteiger partial charge on any atom is -0.302 e. The van der Waals surface area contributed by atoms with Gasteiger partial charge in [-0.25, -0.2) is 17.8 Å². The zero-order valence-corrected chi connectivity index (χ0v) is 15.7. The van der Waals surface area contributed by atoms with Crippen LogP contribution in [0.15, 0.2) is 47.4 Å². The number of benzene rings is 2. The van der Waals surface area contributed by atoms with Gasteiger partial charge in [-0.15, -0.1) is 0 Å². The van der Waals surface area contributed by atoms with E-state index in [9.17, 15) is 17.6 Å². The van der Waals surface area contributed by atoms with Gasteiger partial charge in [-0.1, -0.05) is 17.4 Å². The standard InChI is InChI=1S/C18H17FN2O3S2/c1-12-4-9-15-16(11-12)25-18(20-15)21-17(22)3-2-10-26(23,24)14-7-5-13(19)6-8-14/h4-9,11H,2-3,10H2,1H3,(H,20,21,22). The normalized spacial score (nSPS) is 11.6. The van der Waals surface area contributed by atoms with Gasteiger partial charge in [0.15, 0.2) is 15.0 Å². The van der Waals surface area contributed by atoms with Crippen LogP contribution in [0, 0.1) is 12.7 Å². The molecule has 0 bridgehead atoms. The Kier molecular flexibility index (Phi) is 5.33. The Morgan fingerprint density at radius 3 is 2.65 bits per heavy atom. The van der Waals surface area contributed by atoms with Crippen LogP contribution in [0.3, 0.4) is 0 Å². The maximum Gasteiger partial charge on any atom is 0.226 e. The molecule has 0 atom stereocenters. The number of sulfone groups is 1. The highest BCUT2D eigenvalue weighted by molar-refractivity contribution is 7.91. The maximum atomic E-state index is 12.9. The molecule has 1 aromatic heterocycles. The molecule has 0 unspecified atom stereocenters. The summed E-state index contributed by atoms with van der Waals surface area (Å²) < 4.78 is 38.2. The van der Waals surface area contributed by atoms with E-state index in [-0.39, 0.29) is 29.4 Å². The first-order chi connectivity index (χ1) is 12.3. The molecule has 0 fully saturated rings. The molecule has 3 rings (SSSR count). The molecule has 8 heteroatoms. The molecule has 1 amide bonds. The Morgan fingerprint density at radius 2 is 1.92 bits per heavy atom. The number of rotatable bonds is 6. The lowest BCUT2D eigenvalue weighted by Gasteiger charge is -2.04. The highest BCUT2D eigenvalue weighted by atomic mass is 32.2. The van der Waals surface area contributed by atoms with Crippen LogP contribution in [0.5, 0.6) is 0 Å². The van der Waals surface area contributed by atoms with Crippen LogP contribution in [0.2, 0.25) is 0 Å². The number of aryl methyl sites for hydroxylation is 1. The first kappa shape index (κ1) is 18.5. The predicted octanol–water partition coefficient (Wildman–Crippen LogP) is 3.94. The van der Waals surface area contributed by atoms with Crippen LogP contribution in [0.25, 0.3) is 10.2 Å². The molecule has 0 saturated carbocycles. The van der Waals surface area contributed by atoms with Gasteiger partial charge in [0.25, 0.3) is 0 Å². The highest BCUT2D eigenvalue weighted by Crippen LogP contribution is 2.26. The van der Waals surface area contributed by atoms with E-state index in [1.54, 1.807) is 0 Å². The average molecular weight is 392 g/mol. The summed E-state index contributed by atoms with van der Waals surface area (Å²) in [6, 6.07) is 10.5. The van der Waals surface area contributed by atoms with E-state index in [2.05, 4.69) is 10.3 Å². The number of amides is 1. The monoisotopic (exact) mass is 392 g/mol. The van der Waals surface area contributed by atoms with Gasteiger partial charge in [0, 0.05) is 6.42 Å². The number of fused-ring (bicyclic) bond motifs is 1. The molecular weight excluding hydrogens is 375 g/mol. The fourth-order valence-electron chi connectivity index (χ4n) is 2.45. The number of hydrogen-bond donors (Lipinski definition) is 1. The van der Waals surface area contributed by atoms with Crippen molar-refractivity contribution in [3.8, 4) is 0 Å². The molecule has 0 radical (unpaired) electrons. The molecule has 136 valence electrons. The minimum absolute atomic E-state index is 0.0563. The Bertz CT molecular complexity index is 1040. The molecule has 1 heterocycles. The summed E-state index contributed by atoms with van der Waals surface area (Å²) in [4.78, 5) is 16.4. The van der Waals surface area contributed by atoms with Crippen molar-refractivity contribution in [1.29, 1.82) is 0 Å². The number of aromatic nitrogens is 1. The molecule has 3 aromatic rings. The fourth-order valence-corrected chi connectivity index (χ4v) is 4.74. The van der Waals surface area contributed by atoms with Crippen LogP contribution < -0.4 is 5.32 Å². The Morgan fingerprint density at radius 1 is 1.19 bits per heavy atom. The van der Waals surface area contributed by atoms with Gasteiger partial charge in [-0.3, -0.25) is 4.79 Å². The molecule has 0 spiro atoms. The van der Waals surface area contributed by atoms with Crippen molar-refractivity contribution in [2.45, 2.75) is 24.7 Å². The number of carbonyl (C=O) groups is 1. The van der Waals surface area contributed by atoms with Crippen molar-refractivity contribution in [2.75, 3.05) is 11.1 Å². The highest BCUT2D eigenvalue weighted by Gasteiger charge is 2.15. The van der Waals surface area contributed by atoms with E-state index in [1.807, 2.05) is 25.1 Å². The van der Waals surface area contributed by atoms with Crippen molar-refractivity contribution in [2.24, 2.45) is 0 Å². The Hall–Kier alpha value is -2.32. The van der Waals surface area contributed by atoms with Gasteiger partial charge >= 0.3 is 0 Å². The molecule has 2 aromatic carbocycles. The summed E-state index contributed by atoms with van der Waals surface area (Å²) in [6.45, 7) is 1.99. The zero-order valence-electron chi connectivity index (χ0n) is 14.0.